The lowest BCUT2D eigenvalue weighted by atomic mass is 10.2. The molecular formula is C5H12ClN. The Balaban J connectivity index is 3.14. The first-order valence-electron chi connectivity index (χ1n) is 2.58. The van der Waals surface area contributed by atoms with Crippen LogP contribution in [0.25, 0.3) is 0 Å². The molecule has 0 rings (SSSR count). The average Bonchev–Trinajstić information content (AvgIpc) is 1.65. The van der Waals surface area contributed by atoms with Crippen LogP contribution in [0.3, 0.4) is 0 Å². The SMILES string of the molecule is CCC(N)[C@@H](C)Cl. The van der Waals surface area contributed by atoms with Crippen LogP contribution in [0.15, 0.2) is 0 Å². The van der Waals surface area contributed by atoms with Gasteiger partial charge in [0.25, 0.3) is 0 Å². The molecule has 0 aromatic carbocycles. The van der Waals surface area contributed by atoms with Crippen LogP contribution in [0, 0.1) is 0 Å². The Labute approximate surface area is 49.8 Å². The predicted octanol–water partition coefficient (Wildman–Crippen LogP) is 1.35. The molecule has 1 nitrogen and oxygen atoms in total. The molecule has 0 spiro atoms. The standard InChI is InChI=1S/C5H12ClN/c1-3-5(7)4(2)6/h4-5H,3,7H2,1-2H3/t4-,5?/m1/s1. The van der Waals surface area contributed by atoms with Crippen molar-refractivity contribution in [3.05, 3.63) is 0 Å². The van der Waals surface area contributed by atoms with E-state index in [1.807, 2.05) is 13.8 Å². The largest absolute Gasteiger partial charge is 0.326 e. The second-order valence-electron chi connectivity index (χ2n) is 1.75. The zero-order chi connectivity index (χ0) is 5.86. The van der Waals surface area contributed by atoms with Crippen molar-refractivity contribution in [2.45, 2.75) is 31.7 Å². The third kappa shape index (κ3) is 2.89. The van der Waals surface area contributed by atoms with Gasteiger partial charge in [-0.05, 0) is 13.3 Å². The lowest BCUT2D eigenvalue weighted by Gasteiger charge is -2.08. The minimum Gasteiger partial charge on any atom is -0.326 e. The molecule has 0 saturated carbocycles. The summed E-state index contributed by atoms with van der Waals surface area (Å²) in [7, 11) is 0. The minimum atomic E-state index is 0.116. The normalized spacial score (nSPS) is 18.9. The molecule has 0 fully saturated rings. The highest BCUT2D eigenvalue weighted by Crippen LogP contribution is 2.00. The molecule has 0 aliphatic heterocycles. The first kappa shape index (κ1) is 7.25. The number of hydrogen-bond donors (Lipinski definition) is 1. The maximum absolute atomic E-state index is 5.60. The van der Waals surface area contributed by atoms with Crippen LogP contribution in [0.5, 0.6) is 0 Å². The van der Waals surface area contributed by atoms with Gasteiger partial charge in [0.1, 0.15) is 0 Å². The van der Waals surface area contributed by atoms with Crippen molar-refractivity contribution >= 4 is 11.6 Å². The van der Waals surface area contributed by atoms with Gasteiger partial charge in [0.2, 0.25) is 0 Å². The smallest absolute Gasteiger partial charge is 0.0458 e. The Morgan fingerprint density at radius 3 is 2.14 bits per heavy atom. The second kappa shape index (κ2) is 3.28. The molecule has 0 amide bonds. The Kier molecular flexibility index (Phi) is 3.39. The molecule has 0 bridgehead atoms. The zero-order valence-electron chi connectivity index (χ0n) is 4.82. The molecule has 1 unspecified atom stereocenters. The summed E-state index contributed by atoms with van der Waals surface area (Å²) in [6.45, 7) is 3.94. The highest BCUT2D eigenvalue weighted by atomic mass is 35.5. The molecular weight excluding hydrogens is 110 g/mol. The third-order valence-electron chi connectivity index (χ3n) is 1.06. The van der Waals surface area contributed by atoms with Gasteiger partial charge in [-0.25, -0.2) is 0 Å². The van der Waals surface area contributed by atoms with E-state index >= 15 is 0 Å². The summed E-state index contributed by atoms with van der Waals surface area (Å²) in [4.78, 5) is 0. The molecule has 2 N–H and O–H groups in total. The first-order valence-corrected chi connectivity index (χ1v) is 3.01. The van der Waals surface area contributed by atoms with Crippen LogP contribution in [0.1, 0.15) is 20.3 Å². The van der Waals surface area contributed by atoms with E-state index in [2.05, 4.69) is 0 Å². The number of rotatable bonds is 2. The van der Waals surface area contributed by atoms with Gasteiger partial charge in [0.15, 0.2) is 0 Å². The second-order valence-corrected chi connectivity index (χ2v) is 2.44. The first-order chi connectivity index (χ1) is 3.18. The molecule has 0 radical (unpaired) electrons. The molecule has 0 heterocycles. The van der Waals surface area contributed by atoms with Gasteiger partial charge in [-0.1, -0.05) is 6.92 Å². The third-order valence-corrected chi connectivity index (χ3v) is 1.39. The van der Waals surface area contributed by atoms with Gasteiger partial charge in [-0.2, -0.15) is 0 Å². The van der Waals surface area contributed by atoms with Crippen molar-refractivity contribution in [3.8, 4) is 0 Å². The monoisotopic (exact) mass is 121 g/mol. The molecule has 0 saturated heterocycles. The number of nitrogens with two attached hydrogens (primary N) is 1. The molecule has 0 aromatic rings. The van der Waals surface area contributed by atoms with Gasteiger partial charge in [-0.15, -0.1) is 11.6 Å². The van der Waals surface area contributed by atoms with Gasteiger partial charge in [-0.3, -0.25) is 0 Å². The summed E-state index contributed by atoms with van der Waals surface area (Å²) in [5.74, 6) is 0. The number of hydrogen-bond acceptors (Lipinski definition) is 1. The van der Waals surface area contributed by atoms with E-state index in [1.54, 1.807) is 0 Å². The number of halogens is 1. The Hall–Kier alpha value is 0.250. The highest BCUT2D eigenvalue weighted by Gasteiger charge is 2.03. The van der Waals surface area contributed by atoms with Crippen molar-refractivity contribution < 1.29 is 0 Å². The van der Waals surface area contributed by atoms with Crippen molar-refractivity contribution in [1.29, 1.82) is 0 Å². The Morgan fingerprint density at radius 1 is 1.71 bits per heavy atom. The van der Waals surface area contributed by atoms with E-state index in [-0.39, 0.29) is 11.4 Å². The molecule has 2 atom stereocenters. The van der Waals surface area contributed by atoms with Crippen LogP contribution in [-0.4, -0.2) is 11.4 Å². The fraction of sp³-hybridized carbons (Fsp3) is 1.00. The molecule has 0 aromatic heterocycles. The molecule has 0 aliphatic carbocycles. The van der Waals surface area contributed by atoms with E-state index in [4.69, 9.17) is 17.3 Å². The van der Waals surface area contributed by atoms with Crippen molar-refractivity contribution in [2.75, 3.05) is 0 Å². The van der Waals surface area contributed by atoms with E-state index in [9.17, 15) is 0 Å². The minimum absolute atomic E-state index is 0.116. The quantitative estimate of drug-likeness (QED) is 0.549. The van der Waals surface area contributed by atoms with Crippen LogP contribution < -0.4 is 5.73 Å². The van der Waals surface area contributed by atoms with Crippen molar-refractivity contribution in [3.63, 3.8) is 0 Å². The van der Waals surface area contributed by atoms with Crippen LogP contribution in [0.4, 0.5) is 0 Å². The fourth-order valence-corrected chi connectivity index (χ4v) is 0.503. The van der Waals surface area contributed by atoms with Gasteiger partial charge < -0.3 is 5.73 Å². The van der Waals surface area contributed by atoms with E-state index in [0.717, 1.165) is 6.42 Å². The summed E-state index contributed by atoms with van der Waals surface area (Å²) in [5, 5.41) is 0.116. The number of alkyl halides is 1. The summed E-state index contributed by atoms with van der Waals surface area (Å²) in [6.07, 6.45) is 0.963. The molecule has 44 valence electrons. The average molecular weight is 122 g/mol. The van der Waals surface area contributed by atoms with Crippen LogP contribution in [-0.2, 0) is 0 Å². The van der Waals surface area contributed by atoms with Gasteiger partial charge >= 0.3 is 0 Å². The lowest BCUT2D eigenvalue weighted by molar-refractivity contribution is 0.636. The molecule has 2 heteroatoms. The maximum Gasteiger partial charge on any atom is 0.0458 e. The van der Waals surface area contributed by atoms with Crippen LogP contribution in [0.2, 0.25) is 0 Å². The predicted molar refractivity (Wildman–Crippen MR) is 33.6 cm³/mol. The fourth-order valence-electron chi connectivity index (χ4n) is 0.325. The highest BCUT2D eigenvalue weighted by molar-refractivity contribution is 6.20. The summed E-state index contributed by atoms with van der Waals surface area (Å²) in [5.41, 5.74) is 5.48. The molecule has 0 aliphatic rings. The maximum atomic E-state index is 5.60. The van der Waals surface area contributed by atoms with E-state index < -0.39 is 0 Å². The Bertz CT molecular complexity index is 45.3. The summed E-state index contributed by atoms with van der Waals surface area (Å²) < 4.78 is 0. The van der Waals surface area contributed by atoms with Gasteiger partial charge in [0.05, 0.1) is 0 Å². The van der Waals surface area contributed by atoms with Gasteiger partial charge in [0, 0.05) is 11.4 Å². The van der Waals surface area contributed by atoms with Crippen molar-refractivity contribution in [2.24, 2.45) is 5.73 Å². The molecule has 7 heavy (non-hydrogen) atoms. The topological polar surface area (TPSA) is 26.0 Å². The Morgan fingerprint density at radius 2 is 2.14 bits per heavy atom. The summed E-state index contributed by atoms with van der Waals surface area (Å²) >= 11 is 5.60. The van der Waals surface area contributed by atoms with Crippen molar-refractivity contribution in [1.82, 2.24) is 0 Å². The summed E-state index contributed by atoms with van der Waals surface area (Å²) in [6, 6.07) is 0.168. The zero-order valence-corrected chi connectivity index (χ0v) is 5.57. The van der Waals surface area contributed by atoms with E-state index in [0.29, 0.717) is 0 Å². The lowest BCUT2D eigenvalue weighted by Crippen LogP contribution is -2.27. The van der Waals surface area contributed by atoms with Crippen LogP contribution >= 0.6 is 11.6 Å². The van der Waals surface area contributed by atoms with E-state index in [1.165, 1.54) is 0 Å².